The average Bonchev–Trinajstić information content (AvgIpc) is 2.26. The quantitative estimate of drug-likeness (QED) is 0.738. The molecule has 0 aromatic rings. The van der Waals surface area contributed by atoms with Crippen LogP contribution >= 0.6 is 0 Å². The Hall–Kier alpha value is -0.610. The van der Waals surface area contributed by atoms with E-state index in [9.17, 15) is 9.90 Å². The first kappa shape index (κ1) is 13.5. The zero-order valence-corrected chi connectivity index (χ0v) is 10.7. The van der Waals surface area contributed by atoms with Gasteiger partial charge in [0.1, 0.15) is 0 Å². The first-order chi connectivity index (χ1) is 7.47. The van der Waals surface area contributed by atoms with Crippen molar-refractivity contribution in [2.45, 2.75) is 39.8 Å². The van der Waals surface area contributed by atoms with E-state index in [0.29, 0.717) is 25.0 Å². The summed E-state index contributed by atoms with van der Waals surface area (Å²) in [6, 6.07) is 0.274. The zero-order chi connectivity index (χ0) is 12.3. The van der Waals surface area contributed by atoms with E-state index in [1.807, 2.05) is 18.7 Å². The highest BCUT2D eigenvalue weighted by molar-refractivity contribution is 5.78. The lowest BCUT2D eigenvalue weighted by Crippen LogP contribution is -2.61. The van der Waals surface area contributed by atoms with Crippen LogP contribution in [-0.4, -0.2) is 47.7 Å². The summed E-state index contributed by atoms with van der Waals surface area (Å²) in [6.07, 6.45) is 0. The van der Waals surface area contributed by atoms with Gasteiger partial charge in [-0.05, 0) is 5.92 Å². The van der Waals surface area contributed by atoms with Crippen molar-refractivity contribution in [3.8, 4) is 0 Å². The maximum Gasteiger partial charge on any atom is 0.225 e. The molecule has 1 rings (SSSR count). The molecule has 0 aromatic carbocycles. The molecule has 0 saturated carbocycles. The molecule has 1 amide bonds. The Kier molecular flexibility index (Phi) is 4.74. The Balaban J connectivity index is 2.71. The summed E-state index contributed by atoms with van der Waals surface area (Å²) >= 11 is 0. The second kappa shape index (κ2) is 5.64. The van der Waals surface area contributed by atoms with Crippen molar-refractivity contribution < 1.29 is 9.90 Å². The number of aliphatic hydroxyl groups excluding tert-OH is 1. The molecule has 2 atom stereocenters. The van der Waals surface area contributed by atoms with E-state index in [4.69, 9.17) is 0 Å². The third-order valence-electron chi connectivity index (χ3n) is 3.24. The molecule has 0 bridgehead atoms. The third kappa shape index (κ3) is 2.95. The van der Waals surface area contributed by atoms with Gasteiger partial charge in [0.25, 0.3) is 0 Å². The van der Waals surface area contributed by atoms with Crippen LogP contribution in [0.4, 0.5) is 0 Å². The minimum absolute atomic E-state index is 0.0000350. The molecule has 1 aliphatic rings. The number of rotatable bonds is 3. The number of nitrogens with one attached hydrogen (secondary N) is 1. The van der Waals surface area contributed by atoms with Gasteiger partial charge in [0, 0.05) is 25.0 Å². The summed E-state index contributed by atoms with van der Waals surface area (Å²) in [7, 11) is 0. The van der Waals surface area contributed by atoms with Gasteiger partial charge >= 0.3 is 0 Å². The molecule has 16 heavy (non-hydrogen) atoms. The van der Waals surface area contributed by atoms with Crippen LogP contribution in [0.5, 0.6) is 0 Å². The van der Waals surface area contributed by atoms with E-state index < -0.39 is 0 Å². The number of hydrogen-bond acceptors (Lipinski definition) is 3. The van der Waals surface area contributed by atoms with E-state index >= 15 is 0 Å². The highest BCUT2D eigenvalue weighted by Gasteiger charge is 2.32. The van der Waals surface area contributed by atoms with Crippen LogP contribution in [-0.2, 0) is 4.79 Å². The molecule has 4 nitrogen and oxygen atoms in total. The standard InChI is InChI=1S/C12H24N2O2/c1-8(2)11-6-14(12(16)9(3)4)10(7-15)5-13-11/h8-11,13,15H,5-7H2,1-4H3. The number of aliphatic hydroxyl groups is 1. The molecule has 0 aliphatic carbocycles. The molecular formula is C12H24N2O2. The minimum Gasteiger partial charge on any atom is -0.394 e. The molecule has 1 aliphatic heterocycles. The SMILES string of the molecule is CC(C)C(=O)N1CC(C(C)C)NCC1CO. The largest absolute Gasteiger partial charge is 0.394 e. The predicted octanol–water partition coefficient (Wildman–Crippen LogP) is 0.460. The van der Waals surface area contributed by atoms with Crippen LogP contribution in [0.15, 0.2) is 0 Å². The monoisotopic (exact) mass is 228 g/mol. The lowest BCUT2D eigenvalue weighted by Gasteiger charge is -2.42. The van der Waals surface area contributed by atoms with Crippen LogP contribution in [0, 0.1) is 11.8 Å². The fourth-order valence-corrected chi connectivity index (χ4v) is 2.03. The van der Waals surface area contributed by atoms with E-state index in [1.54, 1.807) is 0 Å². The molecule has 0 aromatic heterocycles. The van der Waals surface area contributed by atoms with Crippen LogP contribution < -0.4 is 5.32 Å². The number of carbonyl (C=O) groups excluding carboxylic acids is 1. The summed E-state index contributed by atoms with van der Waals surface area (Å²) in [5.74, 6) is 0.647. The smallest absolute Gasteiger partial charge is 0.225 e. The molecule has 1 fully saturated rings. The first-order valence-electron chi connectivity index (χ1n) is 6.12. The van der Waals surface area contributed by atoms with Gasteiger partial charge in [-0.15, -0.1) is 0 Å². The lowest BCUT2D eigenvalue weighted by atomic mass is 9.98. The Morgan fingerprint density at radius 1 is 1.44 bits per heavy atom. The van der Waals surface area contributed by atoms with Gasteiger partial charge in [-0.3, -0.25) is 4.79 Å². The van der Waals surface area contributed by atoms with Crippen LogP contribution in [0.1, 0.15) is 27.7 Å². The van der Waals surface area contributed by atoms with Crippen molar-refractivity contribution in [2.24, 2.45) is 11.8 Å². The van der Waals surface area contributed by atoms with Crippen molar-refractivity contribution >= 4 is 5.91 Å². The van der Waals surface area contributed by atoms with E-state index in [1.165, 1.54) is 0 Å². The number of piperazine rings is 1. The molecule has 0 radical (unpaired) electrons. The second-order valence-electron chi connectivity index (χ2n) is 5.24. The Morgan fingerprint density at radius 3 is 2.50 bits per heavy atom. The molecule has 1 heterocycles. The lowest BCUT2D eigenvalue weighted by molar-refractivity contribution is -0.139. The Morgan fingerprint density at radius 2 is 2.06 bits per heavy atom. The normalized spacial score (nSPS) is 26.6. The summed E-state index contributed by atoms with van der Waals surface area (Å²) in [6.45, 7) is 9.55. The number of hydrogen-bond donors (Lipinski definition) is 2. The molecule has 2 N–H and O–H groups in total. The molecule has 1 saturated heterocycles. The van der Waals surface area contributed by atoms with Crippen molar-refractivity contribution in [2.75, 3.05) is 19.7 Å². The second-order valence-corrected chi connectivity index (χ2v) is 5.24. The fourth-order valence-electron chi connectivity index (χ4n) is 2.03. The van der Waals surface area contributed by atoms with Crippen molar-refractivity contribution in [3.05, 3.63) is 0 Å². The zero-order valence-electron chi connectivity index (χ0n) is 10.7. The summed E-state index contributed by atoms with van der Waals surface area (Å²) < 4.78 is 0. The first-order valence-corrected chi connectivity index (χ1v) is 6.12. The number of nitrogens with zero attached hydrogens (tertiary/aromatic N) is 1. The third-order valence-corrected chi connectivity index (χ3v) is 3.24. The molecule has 94 valence electrons. The summed E-state index contributed by atoms with van der Waals surface area (Å²) in [5.41, 5.74) is 0. The van der Waals surface area contributed by atoms with E-state index in [2.05, 4.69) is 19.2 Å². The highest BCUT2D eigenvalue weighted by Crippen LogP contribution is 2.15. The Labute approximate surface area is 98.0 Å². The van der Waals surface area contributed by atoms with Gasteiger partial charge in [0.05, 0.1) is 12.6 Å². The Bertz CT molecular complexity index is 241. The highest BCUT2D eigenvalue weighted by atomic mass is 16.3. The number of carbonyl (C=O) groups is 1. The van der Waals surface area contributed by atoms with Gasteiger partial charge < -0.3 is 15.3 Å². The van der Waals surface area contributed by atoms with E-state index in [0.717, 1.165) is 0 Å². The maximum absolute atomic E-state index is 12.0. The van der Waals surface area contributed by atoms with Crippen LogP contribution in [0.25, 0.3) is 0 Å². The fraction of sp³-hybridized carbons (Fsp3) is 0.917. The van der Waals surface area contributed by atoms with E-state index in [-0.39, 0.29) is 24.5 Å². The van der Waals surface area contributed by atoms with Crippen molar-refractivity contribution in [3.63, 3.8) is 0 Å². The molecule has 4 heteroatoms. The van der Waals surface area contributed by atoms with Gasteiger partial charge in [-0.2, -0.15) is 0 Å². The molecule has 2 unspecified atom stereocenters. The van der Waals surface area contributed by atoms with Crippen LogP contribution in [0.2, 0.25) is 0 Å². The van der Waals surface area contributed by atoms with Crippen LogP contribution in [0.3, 0.4) is 0 Å². The van der Waals surface area contributed by atoms with Gasteiger partial charge in [-0.25, -0.2) is 0 Å². The van der Waals surface area contributed by atoms with Crippen molar-refractivity contribution in [1.29, 1.82) is 0 Å². The predicted molar refractivity (Wildman–Crippen MR) is 64.1 cm³/mol. The minimum atomic E-state index is -0.0649. The number of amides is 1. The average molecular weight is 228 g/mol. The summed E-state index contributed by atoms with van der Waals surface area (Å²) in [4.78, 5) is 13.9. The van der Waals surface area contributed by atoms with Crippen molar-refractivity contribution in [1.82, 2.24) is 10.2 Å². The van der Waals surface area contributed by atoms with Gasteiger partial charge in [0.15, 0.2) is 0 Å². The topological polar surface area (TPSA) is 52.6 Å². The molecular weight excluding hydrogens is 204 g/mol. The molecule has 0 spiro atoms. The van der Waals surface area contributed by atoms with Gasteiger partial charge in [0.2, 0.25) is 5.91 Å². The summed E-state index contributed by atoms with van der Waals surface area (Å²) in [5, 5.41) is 12.7. The maximum atomic E-state index is 12.0. The van der Waals surface area contributed by atoms with Gasteiger partial charge in [-0.1, -0.05) is 27.7 Å².